The summed E-state index contributed by atoms with van der Waals surface area (Å²) in [6, 6.07) is 18.2. The van der Waals surface area contributed by atoms with E-state index in [2.05, 4.69) is 31.9 Å². The number of carbonyl (C=O) groups is 4. The Morgan fingerprint density at radius 1 is 0.648 bits per heavy atom. The van der Waals surface area contributed by atoms with Crippen molar-refractivity contribution in [3.63, 3.8) is 0 Å². The van der Waals surface area contributed by atoms with Gasteiger partial charge in [-0.2, -0.15) is 17.6 Å². The first-order chi connectivity index (χ1) is 33.3. The number of allylic oxidation sites excluding steroid dienone is 1. The van der Waals surface area contributed by atoms with Crippen LogP contribution in [0.5, 0.6) is 0 Å². The summed E-state index contributed by atoms with van der Waals surface area (Å²) >= 11 is 6.55. The molecule has 372 valence electrons. The number of nitrogens with zero attached hydrogens (tertiary/aromatic N) is 3. The first-order valence-electron chi connectivity index (χ1n) is 23.9. The number of halogens is 6. The van der Waals surface area contributed by atoms with Gasteiger partial charge in [0.05, 0.1) is 6.04 Å². The molecular weight excluding hydrogens is 1050 g/mol. The van der Waals surface area contributed by atoms with Crippen LogP contribution in [0, 0.1) is 10.8 Å². The van der Waals surface area contributed by atoms with Crippen LogP contribution in [0.15, 0.2) is 92.9 Å². The van der Waals surface area contributed by atoms with Crippen molar-refractivity contribution in [3.05, 3.63) is 121 Å². The summed E-state index contributed by atoms with van der Waals surface area (Å²) < 4.78 is 78.5. The molecule has 4 aromatic carbocycles. The highest BCUT2D eigenvalue weighted by Crippen LogP contribution is 2.58. The quantitative estimate of drug-likeness (QED) is 0.0817. The molecule has 3 heterocycles. The summed E-state index contributed by atoms with van der Waals surface area (Å²) in [6.45, 7) is 11.4. The van der Waals surface area contributed by atoms with Gasteiger partial charge in [0.1, 0.15) is 17.2 Å². The molecule has 4 fully saturated rings. The fourth-order valence-corrected chi connectivity index (χ4v) is 11.4. The minimum atomic E-state index is -3.25. The zero-order chi connectivity index (χ0) is 50.8. The largest absolute Gasteiger partial charge is 0.456 e. The van der Waals surface area contributed by atoms with Crippen LogP contribution in [-0.2, 0) is 30.9 Å². The third kappa shape index (κ3) is 9.36. The van der Waals surface area contributed by atoms with E-state index in [1.54, 1.807) is 63.4 Å². The molecule has 0 aromatic heterocycles. The summed E-state index contributed by atoms with van der Waals surface area (Å²) in [6.07, 6.45) is 6.84. The number of likely N-dealkylation sites (tertiary alicyclic amines) is 2. The molecule has 2 atom stereocenters. The van der Waals surface area contributed by atoms with E-state index in [1.165, 1.54) is 35.2 Å². The van der Waals surface area contributed by atoms with Gasteiger partial charge in [-0.1, -0.05) is 68.3 Å². The second-order valence-corrected chi connectivity index (χ2v) is 24.0. The molecule has 10 nitrogen and oxygen atoms in total. The van der Waals surface area contributed by atoms with Crippen LogP contribution in [0.1, 0.15) is 125 Å². The monoisotopic (exact) mass is 1100 g/mol. The summed E-state index contributed by atoms with van der Waals surface area (Å²) in [4.78, 5) is 59.3. The molecule has 4 aromatic rings. The number of alkyl halides is 4. The van der Waals surface area contributed by atoms with E-state index in [0.717, 1.165) is 49.0 Å². The topological polar surface area (TPSA) is 115 Å². The number of aliphatic imine (C=N–C) groups is 1. The standard InChI is InChI=1S/C28H27BrF2N2O2.C27H26BrF2NO5/c1-26(2,3)35-25(34)33-15-27(8-9-27)13-24(33)23-11-17(14-32-23)16-4-6-19-20-7-5-18(29)12-22(20)28(30,31)21(19)10-16;1-25(2,3)36-24(34)31-14-26(8-9-26)12-21(31)23(33)35-13-22(32)15-4-6-17-18-7-5-16(28)11-20(18)27(29,30)19(17)10-15/h4-7,10,12,14,24H,8-9,11,13,15H2,1-3H3;4-7,10-11,21H,8-9,12-14H2,1-3H3/t24-;21-/m00/s1. The Morgan fingerprint density at radius 2 is 1.13 bits per heavy atom. The van der Waals surface area contributed by atoms with Gasteiger partial charge < -0.3 is 14.2 Å². The highest BCUT2D eigenvalue weighted by atomic mass is 79.9. The third-order valence-electron chi connectivity index (χ3n) is 14.6. The van der Waals surface area contributed by atoms with Gasteiger partial charge >= 0.3 is 18.2 Å². The van der Waals surface area contributed by atoms with Crippen LogP contribution in [0.25, 0.3) is 27.8 Å². The molecule has 11 rings (SSSR count). The molecule has 71 heavy (non-hydrogen) atoms. The van der Waals surface area contributed by atoms with Gasteiger partial charge in [0.15, 0.2) is 12.4 Å². The number of hydrogen-bond donors (Lipinski definition) is 0. The SMILES string of the molecule is CC(C)(C)OC(=O)N1CC2(CC2)C[C@H]1C(=O)OCC(=O)c1ccc2c(c1)C(F)(F)c1cc(Br)ccc1-2.CC(C)(C)OC(=O)N1CC2(CC2)C[C@H]1C1=NC=C(c2ccc3c(c2)C(F)(F)c2cc(Br)ccc2-3)C1. The Bertz CT molecular complexity index is 3000. The second kappa shape index (κ2) is 17.1. The average Bonchev–Trinajstić information content (AvgIpc) is 3.95. The molecule has 4 aliphatic carbocycles. The number of rotatable bonds is 6. The maximum absolute atomic E-state index is 15.3. The Labute approximate surface area is 426 Å². The van der Waals surface area contributed by atoms with Crippen LogP contribution in [0.2, 0.25) is 0 Å². The van der Waals surface area contributed by atoms with Gasteiger partial charge in [0.25, 0.3) is 11.8 Å². The maximum Gasteiger partial charge on any atom is 0.411 e. The first-order valence-corrected chi connectivity index (χ1v) is 25.4. The molecule has 0 N–H and O–H groups in total. The van der Waals surface area contributed by atoms with Crippen LogP contribution in [0.3, 0.4) is 0 Å². The third-order valence-corrected chi connectivity index (χ3v) is 15.6. The zero-order valence-electron chi connectivity index (χ0n) is 40.2. The Balaban J connectivity index is 0.000000164. The van der Waals surface area contributed by atoms with Crippen molar-refractivity contribution in [1.29, 1.82) is 0 Å². The number of ether oxygens (including phenoxy) is 3. The predicted molar refractivity (Wildman–Crippen MR) is 266 cm³/mol. The highest BCUT2D eigenvalue weighted by molar-refractivity contribution is 9.10. The number of carbonyl (C=O) groups excluding carboxylic acids is 4. The van der Waals surface area contributed by atoms with E-state index in [0.29, 0.717) is 57.1 Å². The van der Waals surface area contributed by atoms with E-state index in [-0.39, 0.29) is 50.8 Å². The molecule has 0 radical (unpaired) electrons. The number of Topliss-reactive ketones (excluding diaryl/α,β-unsaturated/α-hetero) is 1. The number of amides is 2. The van der Waals surface area contributed by atoms with Crippen LogP contribution in [-0.4, -0.2) is 82.4 Å². The van der Waals surface area contributed by atoms with Gasteiger partial charge in [0, 0.05) is 68.2 Å². The van der Waals surface area contributed by atoms with Gasteiger partial charge in [0.2, 0.25) is 0 Å². The average molecular weight is 1100 g/mol. The molecule has 2 saturated carbocycles. The normalized spacial score (nSPS) is 21.9. The van der Waals surface area contributed by atoms with E-state index in [1.807, 2.05) is 31.7 Å². The fourth-order valence-electron chi connectivity index (χ4n) is 10.6. The molecule has 0 bridgehead atoms. The van der Waals surface area contributed by atoms with Gasteiger partial charge in [-0.25, -0.2) is 14.4 Å². The molecule has 2 amide bonds. The van der Waals surface area contributed by atoms with Crippen LogP contribution < -0.4 is 0 Å². The molecule has 7 aliphatic rings. The molecular formula is C55H53Br2F4N3O7. The van der Waals surface area contributed by atoms with Crippen molar-refractivity contribution in [1.82, 2.24) is 9.80 Å². The predicted octanol–water partition coefficient (Wildman–Crippen LogP) is 13.6. The smallest absolute Gasteiger partial charge is 0.411 e. The minimum absolute atomic E-state index is 0.0298. The lowest BCUT2D eigenvalue weighted by Crippen LogP contribution is -2.44. The highest BCUT2D eigenvalue weighted by Gasteiger charge is 2.57. The lowest BCUT2D eigenvalue weighted by Gasteiger charge is -2.28. The minimum Gasteiger partial charge on any atom is -0.456 e. The number of benzene rings is 4. The number of fused-ring (bicyclic) bond motifs is 6. The Kier molecular flexibility index (Phi) is 11.9. The maximum atomic E-state index is 15.3. The van der Waals surface area contributed by atoms with Crippen molar-refractivity contribution >= 4 is 67.1 Å². The fraction of sp³-hybridized carbons (Fsp3) is 0.436. The van der Waals surface area contributed by atoms with E-state index < -0.39 is 53.5 Å². The van der Waals surface area contributed by atoms with Crippen molar-refractivity contribution in [3.8, 4) is 22.3 Å². The molecule has 2 saturated heterocycles. The van der Waals surface area contributed by atoms with Gasteiger partial charge in [-0.15, -0.1) is 0 Å². The zero-order valence-corrected chi connectivity index (χ0v) is 43.4. The van der Waals surface area contributed by atoms with Gasteiger partial charge in [-0.3, -0.25) is 19.6 Å². The lowest BCUT2D eigenvalue weighted by molar-refractivity contribution is -0.147. The molecule has 3 aliphatic heterocycles. The van der Waals surface area contributed by atoms with Crippen molar-refractivity contribution in [2.45, 2.75) is 122 Å². The Hall–Kier alpha value is -5.35. The summed E-state index contributed by atoms with van der Waals surface area (Å²) in [5.41, 5.74) is 3.01. The van der Waals surface area contributed by atoms with E-state index in [9.17, 15) is 19.2 Å². The number of esters is 1. The summed E-state index contributed by atoms with van der Waals surface area (Å²) in [5.74, 6) is -7.59. The van der Waals surface area contributed by atoms with Crippen LogP contribution >= 0.6 is 31.9 Å². The van der Waals surface area contributed by atoms with Crippen LogP contribution in [0.4, 0.5) is 27.2 Å². The molecule has 0 unspecified atom stereocenters. The summed E-state index contributed by atoms with van der Waals surface area (Å²) in [5, 5.41) is 0. The second-order valence-electron chi connectivity index (χ2n) is 22.2. The first kappa shape index (κ1) is 49.2. The number of ketones is 1. The summed E-state index contributed by atoms with van der Waals surface area (Å²) in [7, 11) is 0. The Morgan fingerprint density at radius 3 is 1.68 bits per heavy atom. The molecule has 2 spiro atoms. The van der Waals surface area contributed by atoms with Crippen molar-refractivity contribution in [2.24, 2.45) is 15.8 Å². The van der Waals surface area contributed by atoms with Gasteiger partial charge in [-0.05, 0) is 161 Å². The molecule has 16 heteroatoms. The van der Waals surface area contributed by atoms with E-state index in [4.69, 9.17) is 19.2 Å². The van der Waals surface area contributed by atoms with Crippen molar-refractivity contribution < 1.29 is 51.0 Å². The number of hydrogen-bond acceptors (Lipinski definition) is 8. The van der Waals surface area contributed by atoms with Crippen molar-refractivity contribution in [2.75, 3.05) is 19.7 Å². The van der Waals surface area contributed by atoms with E-state index >= 15 is 17.6 Å². The lowest BCUT2D eigenvalue weighted by atomic mass is 9.93.